The van der Waals surface area contributed by atoms with Crippen molar-refractivity contribution in [2.24, 2.45) is 5.73 Å². The molecule has 1 amide bonds. The molecule has 2 aliphatic rings. The van der Waals surface area contributed by atoms with Crippen LogP contribution >= 0.6 is 0 Å². The number of methoxy groups -OCH3 is 2. The largest absolute Gasteiger partial charge is 0.493 e. The maximum Gasteiger partial charge on any atom is 0.415 e. The van der Waals surface area contributed by atoms with Crippen LogP contribution in [-0.4, -0.2) is 61.7 Å². The molecule has 11 heteroatoms. The number of nitriles is 1. The maximum atomic E-state index is 12.5. The average Bonchev–Trinajstić information content (AvgIpc) is 3.21. The van der Waals surface area contributed by atoms with Crippen molar-refractivity contribution in [1.29, 1.82) is 5.26 Å². The molecule has 3 N–H and O–H groups in total. The van der Waals surface area contributed by atoms with E-state index in [1.807, 2.05) is 0 Å². The first kappa shape index (κ1) is 21.5. The zero-order valence-corrected chi connectivity index (χ0v) is 17.7. The fourth-order valence-corrected chi connectivity index (χ4v) is 3.75. The Balaban J connectivity index is 1.69. The Morgan fingerprint density at radius 3 is 2.81 bits per heavy atom. The van der Waals surface area contributed by atoms with Crippen molar-refractivity contribution in [2.45, 2.75) is 12.5 Å². The first-order valence-corrected chi connectivity index (χ1v) is 9.93. The Labute approximate surface area is 184 Å². The summed E-state index contributed by atoms with van der Waals surface area (Å²) in [4.78, 5) is 14.1. The normalized spacial score (nSPS) is 17.9. The SMILES string of the molecule is COCc1[nH]nc2c1C(c1ccc(OC(=O)N3CCOCC3)c(OC)c1)C(C#N)=C(N)O2. The topological polar surface area (TPSA) is 145 Å². The summed E-state index contributed by atoms with van der Waals surface area (Å²) in [5.41, 5.74) is 8.23. The zero-order valence-electron chi connectivity index (χ0n) is 17.7. The van der Waals surface area contributed by atoms with Crippen LogP contribution in [0.1, 0.15) is 22.7 Å². The van der Waals surface area contributed by atoms with Gasteiger partial charge in [-0.15, -0.1) is 5.10 Å². The molecule has 4 rings (SSSR count). The van der Waals surface area contributed by atoms with Crippen molar-refractivity contribution >= 4 is 6.09 Å². The summed E-state index contributed by atoms with van der Waals surface area (Å²) in [5, 5.41) is 16.8. The monoisotopic (exact) mass is 441 g/mol. The molecule has 1 fully saturated rings. The molecule has 3 heterocycles. The van der Waals surface area contributed by atoms with Gasteiger partial charge in [-0.1, -0.05) is 6.07 Å². The van der Waals surface area contributed by atoms with Crippen LogP contribution in [0.15, 0.2) is 29.7 Å². The molecule has 1 aromatic heterocycles. The molecule has 2 aromatic rings. The maximum absolute atomic E-state index is 12.5. The van der Waals surface area contributed by atoms with Crippen LogP contribution in [0.3, 0.4) is 0 Å². The van der Waals surface area contributed by atoms with Crippen molar-refractivity contribution < 1.29 is 28.5 Å². The minimum absolute atomic E-state index is 0.0257. The van der Waals surface area contributed by atoms with Crippen molar-refractivity contribution in [3.05, 3.63) is 46.5 Å². The summed E-state index contributed by atoms with van der Waals surface area (Å²) in [7, 11) is 3.03. The van der Waals surface area contributed by atoms with Gasteiger partial charge in [-0.3, -0.25) is 5.10 Å². The minimum Gasteiger partial charge on any atom is -0.493 e. The molecule has 32 heavy (non-hydrogen) atoms. The van der Waals surface area contributed by atoms with Crippen LogP contribution in [-0.2, 0) is 16.1 Å². The number of amides is 1. The quantitative estimate of drug-likeness (QED) is 0.707. The van der Waals surface area contributed by atoms with E-state index < -0.39 is 12.0 Å². The van der Waals surface area contributed by atoms with Gasteiger partial charge in [0.2, 0.25) is 11.8 Å². The molecule has 1 unspecified atom stereocenters. The first-order valence-electron chi connectivity index (χ1n) is 9.93. The van der Waals surface area contributed by atoms with E-state index in [0.717, 1.165) is 0 Å². The molecule has 11 nitrogen and oxygen atoms in total. The number of allylic oxidation sites excluding steroid dienone is 1. The van der Waals surface area contributed by atoms with Crippen LogP contribution in [0.5, 0.6) is 17.4 Å². The molecule has 2 aliphatic heterocycles. The second-order valence-electron chi connectivity index (χ2n) is 7.16. The number of nitrogens with one attached hydrogen (secondary N) is 1. The number of hydrogen-bond donors (Lipinski definition) is 2. The van der Waals surface area contributed by atoms with E-state index in [1.54, 1.807) is 30.2 Å². The lowest BCUT2D eigenvalue weighted by Gasteiger charge is -2.26. The molecule has 168 valence electrons. The molecular formula is C21H23N5O6. The second-order valence-corrected chi connectivity index (χ2v) is 7.16. The summed E-state index contributed by atoms with van der Waals surface area (Å²) in [5.74, 6) is 0.290. The molecule has 0 bridgehead atoms. The van der Waals surface area contributed by atoms with Gasteiger partial charge in [-0.05, 0) is 17.7 Å². The van der Waals surface area contributed by atoms with Crippen molar-refractivity contribution in [1.82, 2.24) is 15.1 Å². The highest BCUT2D eigenvalue weighted by Crippen LogP contribution is 2.44. The minimum atomic E-state index is -0.564. The van der Waals surface area contributed by atoms with Crippen molar-refractivity contribution in [2.75, 3.05) is 40.5 Å². The number of hydrogen-bond acceptors (Lipinski definition) is 9. The third-order valence-electron chi connectivity index (χ3n) is 5.29. The number of H-pyrrole nitrogens is 1. The van der Waals surface area contributed by atoms with E-state index in [9.17, 15) is 10.1 Å². The predicted molar refractivity (Wildman–Crippen MR) is 110 cm³/mol. The smallest absolute Gasteiger partial charge is 0.415 e. The lowest BCUT2D eigenvalue weighted by molar-refractivity contribution is 0.0413. The number of fused-ring (bicyclic) bond motifs is 1. The van der Waals surface area contributed by atoms with E-state index >= 15 is 0 Å². The van der Waals surface area contributed by atoms with E-state index in [-0.39, 0.29) is 29.7 Å². The van der Waals surface area contributed by atoms with Gasteiger partial charge >= 0.3 is 6.09 Å². The highest BCUT2D eigenvalue weighted by Gasteiger charge is 2.35. The van der Waals surface area contributed by atoms with E-state index in [0.29, 0.717) is 48.9 Å². The number of rotatable bonds is 5. The van der Waals surface area contributed by atoms with Gasteiger partial charge in [0.15, 0.2) is 11.5 Å². The number of benzene rings is 1. The molecule has 0 saturated carbocycles. The number of carbonyl (C=O) groups is 1. The molecule has 0 aliphatic carbocycles. The highest BCUT2D eigenvalue weighted by molar-refractivity contribution is 5.72. The van der Waals surface area contributed by atoms with Crippen molar-refractivity contribution in [3.8, 4) is 23.4 Å². The molecule has 0 radical (unpaired) electrons. The first-order chi connectivity index (χ1) is 15.6. The Morgan fingerprint density at radius 2 is 2.12 bits per heavy atom. The molecule has 1 aromatic carbocycles. The van der Waals surface area contributed by atoms with Crippen LogP contribution in [0.2, 0.25) is 0 Å². The Kier molecular flexibility index (Phi) is 6.16. The summed E-state index contributed by atoms with van der Waals surface area (Å²) in [6.07, 6.45) is -0.480. The van der Waals surface area contributed by atoms with Crippen LogP contribution in [0, 0.1) is 11.3 Å². The predicted octanol–water partition coefficient (Wildman–Crippen LogP) is 1.61. The number of carbonyl (C=O) groups excluding carboxylic acids is 1. The second kappa shape index (κ2) is 9.17. The number of aromatic nitrogens is 2. The van der Waals surface area contributed by atoms with Crippen LogP contribution < -0.4 is 19.9 Å². The zero-order chi connectivity index (χ0) is 22.7. The van der Waals surface area contributed by atoms with Gasteiger partial charge in [-0.2, -0.15) is 5.26 Å². The molecule has 0 spiro atoms. The van der Waals surface area contributed by atoms with Gasteiger partial charge in [0.1, 0.15) is 11.6 Å². The van der Waals surface area contributed by atoms with Gasteiger partial charge in [0, 0.05) is 20.2 Å². The van der Waals surface area contributed by atoms with Crippen molar-refractivity contribution in [3.63, 3.8) is 0 Å². The Bertz CT molecular complexity index is 1080. The standard InChI is InChI=1S/C21H23N5O6/c1-28-11-14-18-17(13(10-22)19(23)32-20(18)25-24-14)12-3-4-15(16(9-12)29-2)31-21(27)26-5-7-30-8-6-26/h3-4,9,17H,5-8,11,23H2,1-2H3,(H,24,25). The van der Waals surface area contributed by atoms with Gasteiger partial charge in [-0.25, -0.2) is 4.79 Å². The number of morpholine rings is 1. The Hall–Kier alpha value is -3.75. The van der Waals surface area contributed by atoms with Gasteiger partial charge in [0.25, 0.3) is 0 Å². The summed E-state index contributed by atoms with van der Waals surface area (Å²) in [6, 6.07) is 7.21. The highest BCUT2D eigenvalue weighted by atomic mass is 16.6. The third-order valence-corrected chi connectivity index (χ3v) is 5.29. The molecule has 1 atom stereocenters. The average molecular weight is 441 g/mol. The fraction of sp³-hybridized carbons (Fsp3) is 0.381. The number of ether oxygens (including phenoxy) is 5. The Morgan fingerprint density at radius 1 is 1.34 bits per heavy atom. The summed E-state index contributed by atoms with van der Waals surface area (Å²) >= 11 is 0. The number of nitrogens with two attached hydrogens (primary N) is 1. The molecular weight excluding hydrogens is 418 g/mol. The van der Waals surface area contributed by atoms with E-state index in [4.69, 9.17) is 29.4 Å². The van der Waals surface area contributed by atoms with Gasteiger partial charge < -0.3 is 34.3 Å². The fourth-order valence-electron chi connectivity index (χ4n) is 3.75. The number of aromatic amines is 1. The number of nitrogens with zero attached hydrogens (tertiary/aromatic N) is 3. The van der Waals surface area contributed by atoms with Gasteiger partial charge in [0.05, 0.1) is 44.1 Å². The summed E-state index contributed by atoms with van der Waals surface area (Å²) in [6.45, 7) is 2.10. The van der Waals surface area contributed by atoms with E-state index in [1.165, 1.54) is 7.11 Å². The third kappa shape index (κ3) is 3.93. The van der Waals surface area contributed by atoms with Crippen LogP contribution in [0.4, 0.5) is 4.79 Å². The molecule has 1 saturated heterocycles. The lowest BCUT2D eigenvalue weighted by Crippen LogP contribution is -2.42. The lowest BCUT2D eigenvalue weighted by atomic mass is 9.84. The summed E-state index contributed by atoms with van der Waals surface area (Å²) < 4.78 is 27.1. The van der Waals surface area contributed by atoms with Crippen LogP contribution in [0.25, 0.3) is 0 Å². The van der Waals surface area contributed by atoms with E-state index in [2.05, 4.69) is 16.3 Å².